The maximum atomic E-state index is 5.12. The Kier molecular flexibility index (Phi) is 5.75. The Morgan fingerprint density at radius 1 is 0.935 bits per heavy atom. The van der Waals surface area contributed by atoms with Crippen LogP contribution in [0.5, 0.6) is 0 Å². The molecule has 0 N–H and O–H groups in total. The molecule has 3 aromatic rings. The fourth-order valence-corrected chi connectivity index (χ4v) is 5.90. The molecule has 0 amide bonds. The zero-order valence-electron chi connectivity index (χ0n) is 18.6. The number of likely N-dealkylation sites (tertiary alicyclic amines) is 1. The van der Waals surface area contributed by atoms with Gasteiger partial charge in [-0.15, -0.1) is 0 Å². The van der Waals surface area contributed by atoms with Gasteiger partial charge in [0.15, 0.2) is 0 Å². The summed E-state index contributed by atoms with van der Waals surface area (Å²) >= 11 is 3.96. The molecule has 2 aliphatic heterocycles. The summed E-state index contributed by atoms with van der Waals surface area (Å²) in [6.45, 7) is 6.43. The Bertz CT molecular complexity index is 1070. The van der Waals surface area contributed by atoms with Crippen molar-refractivity contribution < 1.29 is 0 Å². The lowest BCUT2D eigenvalue weighted by molar-refractivity contribution is 0.109. The van der Waals surface area contributed by atoms with Gasteiger partial charge in [-0.25, -0.2) is 4.98 Å². The molecule has 0 radical (unpaired) electrons. The van der Waals surface area contributed by atoms with Gasteiger partial charge >= 0.3 is 0 Å². The van der Waals surface area contributed by atoms with Gasteiger partial charge in [0.25, 0.3) is 0 Å². The number of hydrogen-bond donors (Lipinski definition) is 0. The van der Waals surface area contributed by atoms with Crippen LogP contribution in [0.3, 0.4) is 0 Å². The van der Waals surface area contributed by atoms with E-state index in [1.165, 1.54) is 23.5 Å². The van der Waals surface area contributed by atoms with Gasteiger partial charge in [0.1, 0.15) is 16.1 Å². The van der Waals surface area contributed by atoms with E-state index in [4.69, 9.17) is 9.97 Å². The second kappa shape index (κ2) is 8.52. The van der Waals surface area contributed by atoms with Gasteiger partial charge in [-0.2, -0.15) is 0 Å². The molecule has 5 heterocycles. The van der Waals surface area contributed by atoms with Crippen LogP contribution in [0.25, 0.3) is 5.65 Å². The number of fused-ring (bicyclic) bond motifs is 1. The number of piperazine rings is 1. The first-order valence-corrected chi connectivity index (χ1v) is 12.1. The largest absolute Gasteiger partial charge is 0.355 e. The fourth-order valence-electron chi connectivity index (χ4n) is 5.19. The van der Waals surface area contributed by atoms with Crippen molar-refractivity contribution in [3.05, 3.63) is 58.1 Å². The van der Waals surface area contributed by atoms with Crippen LogP contribution in [0.1, 0.15) is 48.3 Å². The quantitative estimate of drug-likeness (QED) is 0.551. The summed E-state index contributed by atoms with van der Waals surface area (Å²) in [5.74, 6) is 1.23. The standard InChI is InChI=1S/C24H31BrN6/c1-17-7-6-12-26-22(17)18-8-4-9-19(29(18)3)23-24(25)31-20(27-23)10-5-11-21(31)30-15-13-28(2)14-16-30/h5-7,10-12,18-19H,4,8-9,13-16H2,1-3H3/t18-,19+/m1/s1. The highest BCUT2D eigenvalue weighted by atomic mass is 79.9. The number of aromatic nitrogens is 3. The van der Waals surface area contributed by atoms with Crippen molar-refractivity contribution >= 4 is 27.4 Å². The summed E-state index contributed by atoms with van der Waals surface area (Å²) in [6.07, 6.45) is 5.36. The zero-order valence-corrected chi connectivity index (χ0v) is 20.2. The van der Waals surface area contributed by atoms with E-state index in [0.717, 1.165) is 55.0 Å². The second-order valence-electron chi connectivity index (χ2n) is 8.99. The minimum Gasteiger partial charge on any atom is -0.355 e. The Balaban J connectivity index is 1.51. The van der Waals surface area contributed by atoms with Gasteiger partial charge in [-0.3, -0.25) is 14.3 Å². The number of nitrogens with zero attached hydrogens (tertiary/aromatic N) is 6. The first kappa shape index (κ1) is 20.9. The van der Waals surface area contributed by atoms with Crippen molar-refractivity contribution in [2.75, 3.05) is 45.2 Å². The molecule has 3 aromatic heterocycles. The number of rotatable bonds is 3. The normalized spacial score (nSPS) is 23.5. The third-order valence-corrected chi connectivity index (χ3v) is 7.80. The Hall–Kier alpha value is -1.96. The van der Waals surface area contributed by atoms with Crippen molar-refractivity contribution in [3.63, 3.8) is 0 Å². The summed E-state index contributed by atoms with van der Waals surface area (Å²) in [6, 6.07) is 11.3. The topological polar surface area (TPSA) is 39.9 Å². The number of hydrogen-bond acceptors (Lipinski definition) is 5. The summed E-state index contributed by atoms with van der Waals surface area (Å²) in [5, 5.41) is 0. The molecule has 164 valence electrons. The molecule has 2 atom stereocenters. The lowest BCUT2D eigenvalue weighted by Gasteiger charge is -2.39. The molecule has 31 heavy (non-hydrogen) atoms. The van der Waals surface area contributed by atoms with E-state index in [1.54, 1.807) is 0 Å². The number of aryl methyl sites for hydroxylation is 1. The molecule has 0 aliphatic carbocycles. The summed E-state index contributed by atoms with van der Waals surface area (Å²) in [7, 11) is 4.43. The molecule has 0 unspecified atom stereocenters. The molecule has 0 spiro atoms. The van der Waals surface area contributed by atoms with Crippen molar-refractivity contribution in [1.82, 2.24) is 24.2 Å². The van der Waals surface area contributed by atoms with E-state index < -0.39 is 0 Å². The highest BCUT2D eigenvalue weighted by Gasteiger charge is 2.34. The maximum absolute atomic E-state index is 5.12. The first-order valence-electron chi connectivity index (χ1n) is 11.3. The molecular weight excluding hydrogens is 452 g/mol. The van der Waals surface area contributed by atoms with Crippen LogP contribution in [0, 0.1) is 6.92 Å². The SMILES string of the molecule is Cc1cccnc1[C@H]1CCC[C@@H](c2nc3cccc(N4CCN(C)CC4)n3c2Br)N1C. The van der Waals surface area contributed by atoms with Gasteiger partial charge in [-0.05, 0) is 80.0 Å². The number of anilines is 1. The lowest BCUT2D eigenvalue weighted by atomic mass is 9.91. The van der Waals surface area contributed by atoms with E-state index in [9.17, 15) is 0 Å². The van der Waals surface area contributed by atoms with Crippen LogP contribution in [0.4, 0.5) is 5.82 Å². The minimum atomic E-state index is 0.273. The fraction of sp³-hybridized carbons (Fsp3) is 0.500. The molecule has 6 nitrogen and oxygen atoms in total. The Morgan fingerprint density at radius 2 is 1.68 bits per heavy atom. The van der Waals surface area contributed by atoms with Crippen molar-refractivity contribution in [2.24, 2.45) is 0 Å². The Labute approximate surface area is 193 Å². The monoisotopic (exact) mass is 482 g/mol. The van der Waals surface area contributed by atoms with Crippen LogP contribution >= 0.6 is 15.9 Å². The molecule has 5 rings (SSSR count). The van der Waals surface area contributed by atoms with E-state index >= 15 is 0 Å². The smallest absolute Gasteiger partial charge is 0.139 e. The molecule has 0 saturated carbocycles. The van der Waals surface area contributed by atoms with Crippen molar-refractivity contribution in [2.45, 2.75) is 38.3 Å². The third kappa shape index (κ3) is 3.77. The molecule has 2 aliphatic rings. The molecule has 2 fully saturated rings. The lowest BCUT2D eigenvalue weighted by Crippen LogP contribution is -2.45. The average molecular weight is 483 g/mol. The molecule has 0 bridgehead atoms. The first-order chi connectivity index (χ1) is 15.0. The van der Waals surface area contributed by atoms with Gasteiger partial charge < -0.3 is 9.80 Å². The maximum Gasteiger partial charge on any atom is 0.139 e. The molecule has 0 aromatic carbocycles. The van der Waals surface area contributed by atoms with Crippen LogP contribution in [-0.2, 0) is 0 Å². The molecule has 7 heteroatoms. The predicted molar refractivity (Wildman–Crippen MR) is 129 cm³/mol. The average Bonchev–Trinajstić information content (AvgIpc) is 3.12. The van der Waals surface area contributed by atoms with Crippen molar-refractivity contribution in [1.29, 1.82) is 0 Å². The highest BCUT2D eigenvalue weighted by molar-refractivity contribution is 9.10. The number of imidazole rings is 1. The van der Waals surface area contributed by atoms with Crippen LogP contribution in [0.15, 0.2) is 41.1 Å². The molecular formula is C24H31BrN6. The number of halogens is 1. The highest BCUT2D eigenvalue weighted by Crippen LogP contribution is 2.42. The molecule has 2 saturated heterocycles. The van der Waals surface area contributed by atoms with E-state index in [2.05, 4.69) is 80.3 Å². The summed E-state index contributed by atoms with van der Waals surface area (Å²) < 4.78 is 3.39. The van der Waals surface area contributed by atoms with Crippen molar-refractivity contribution in [3.8, 4) is 0 Å². The second-order valence-corrected chi connectivity index (χ2v) is 9.74. The van der Waals surface area contributed by atoms with Crippen LogP contribution in [-0.4, -0.2) is 64.4 Å². The van der Waals surface area contributed by atoms with Gasteiger partial charge in [0.2, 0.25) is 0 Å². The summed E-state index contributed by atoms with van der Waals surface area (Å²) in [5.41, 5.74) is 4.63. The predicted octanol–water partition coefficient (Wildman–Crippen LogP) is 4.45. The zero-order chi connectivity index (χ0) is 21.5. The van der Waals surface area contributed by atoms with E-state index in [1.807, 2.05) is 12.3 Å². The van der Waals surface area contributed by atoms with Gasteiger partial charge in [0.05, 0.1) is 23.5 Å². The number of pyridine rings is 2. The number of piperidine rings is 1. The van der Waals surface area contributed by atoms with E-state index in [-0.39, 0.29) is 6.04 Å². The van der Waals surface area contributed by atoms with Crippen LogP contribution in [0.2, 0.25) is 0 Å². The summed E-state index contributed by atoms with van der Waals surface area (Å²) in [4.78, 5) is 17.2. The Morgan fingerprint density at radius 3 is 2.42 bits per heavy atom. The van der Waals surface area contributed by atoms with E-state index in [0.29, 0.717) is 6.04 Å². The van der Waals surface area contributed by atoms with Crippen LogP contribution < -0.4 is 4.90 Å². The van der Waals surface area contributed by atoms with Gasteiger partial charge in [-0.1, -0.05) is 12.1 Å². The number of likely N-dealkylation sites (N-methyl/N-ethyl adjacent to an activating group) is 1. The minimum absolute atomic E-state index is 0.273. The third-order valence-electron chi connectivity index (χ3n) is 7.04. The van der Waals surface area contributed by atoms with Gasteiger partial charge in [0, 0.05) is 32.4 Å².